The molecule has 1 aromatic carbocycles. The number of pyridine rings is 1. The molecular weight excluding hydrogens is 385 g/mol. The summed E-state index contributed by atoms with van der Waals surface area (Å²) in [7, 11) is 0. The molecule has 0 saturated carbocycles. The first kappa shape index (κ1) is 21.9. The fourth-order valence-corrected chi connectivity index (χ4v) is 3.60. The van der Waals surface area contributed by atoms with E-state index >= 15 is 0 Å². The minimum absolute atomic E-state index is 0.260. The molecule has 2 N–H and O–H groups in total. The van der Waals surface area contributed by atoms with Gasteiger partial charge in [0.15, 0.2) is 0 Å². The Hall–Kier alpha value is -2.80. The van der Waals surface area contributed by atoms with Gasteiger partial charge in [-0.2, -0.15) is 0 Å². The number of carbonyl (C=O) groups is 1. The van der Waals surface area contributed by atoms with Crippen molar-refractivity contribution >= 4 is 11.6 Å². The Balaban J connectivity index is 1.75. The van der Waals surface area contributed by atoms with Crippen molar-refractivity contribution in [2.75, 3.05) is 0 Å². The predicted octanol–water partition coefficient (Wildman–Crippen LogP) is 4.82. The van der Waals surface area contributed by atoms with Crippen LogP contribution in [0.5, 0.6) is 0 Å². The van der Waals surface area contributed by atoms with Gasteiger partial charge in [0, 0.05) is 35.9 Å². The van der Waals surface area contributed by atoms with E-state index in [1.54, 1.807) is 30.7 Å². The summed E-state index contributed by atoms with van der Waals surface area (Å²) in [5.41, 5.74) is 4.47. The van der Waals surface area contributed by atoms with Crippen molar-refractivity contribution in [3.8, 4) is 11.1 Å². The van der Waals surface area contributed by atoms with Gasteiger partial charge in [0.25, 0.3) is 0 Å². The van der Waals surface area contributed by atoms with E-state index in [1.807, 2.05) is 32.9 Å². The number of benzene rings is 1. The van der Waals surface area contributed by atoms with E-state index in [0.29, 0.717) is 36.1 Å². The first-order chi connectivity index (χ1) is 14.3. The van der Waals surface area contributed by atoms with Crippen molar-refractivity contribution in [3.05, 3.63) is 53.6 Å². The van der Waals surface area contributed by atoms with Crippen LogP contribution in [-0.4, -0.2) is 27.9 Å². The van der Waals surface area contributed by atoms with Gasteiger partial charge in [-0.25, -0.2) is 9.87 Å². The lowest BCUT2D eigenvalue weighted by molar-refractivity contribution is -0.141. The Morgan fingerprint density at radius 3 is 2.73 bits per heavy atom. The largest absolute Gasteiger partial charge is 0.392 e. The van der Waals surface area contributed by atoms with Gasteiger partial charge in [0.1, 0.15) is 11.9 Å². The van der Waals surface area contributed by atoms with Crippen LogP contribution < -0.4 is 5.48 Å². The van der Waals surface area contributed by atoms with Gasteiger partial charge in [-0.1, -0.05) is 45.0 Å². The minimum Gasteiger partial charge on any atom is -0.392 e. The van der Waals surface area contributed by atoms with Crippen LogP contribution in [0.25, 0.3) is 11.1 Å². The number of amides is 1. The Labute approximate surface area is 176 Å². The highest BCUT2D eigenvalue weighted by molar-refractivity contribution is 6.01. The van der Waals surface area contributed by atoms with Crippen LogP contribution in [0.4, 0.5) is 4.39 Å². The fraction of sp³-hybridized carbons (Fsp3) is 0.435. The van der Waals surface area contributed by atoms with Crippen LogP contribution in [-0.2, 0) is 9.63 Å². The van der Waals surface area contributed by atoms with Crippen LogP contribution in [0, 0.1) is 11.2 Å². The molecule has 0 aliphatic carbocycles. The number of hydroxylamine groups is 1. The van der Waals surface area contributed by atoms with Gasteiger partial charge in [-0.15, -0.1) is 0 Å². The van der Waals surface area contributed by atoms with E-state index in [2.05, 4.69) is 10.1 Å². The molecule has 2 atom stereocenters. The SMILES string of the molecule is CC[C@](C)(C[C@H]1CC(c2ccc(-c3ccnc(C(C)C)c3)c(F)c2)=NO1)C(=O)NO. The zero-order chi connectivity index (χ0) is 21.9. The standard InChI is InChI=1S/C23H28FN3O3/c1-5-23(4,22(28)26-29)13-17-12-21(27-30-17)16-6-7-18(19(24)10-16)15-8-9-25-20(11-15)14(2)3/h6-11,14,17,29H,5,12-13H2,1-4H3,(H,26,28)/t17-,23-/m1/s1. The summed E-state index contributed by atoms with van der Waals surface area (Å²) in [5, 5.41) is 13.1. The van der Waals surface area contributed by atoms with Gasteiger partial charge < -0.3 is 4.84 Å². The summed E-state index contributed by atoms with van der Waals surface area (Å²) >= 11 is 0. The molecule has 0 unspecified atom stereocenters. The molecule has 1 aromatic heterocycles. The monoisotopic (exact) mass is 413 g/mol. The maximum atomic E-state index is 14.9. The smallest absolute Gasteiger partial charge is 0.249 e. The molecule has 0 radical (unpaired) electrons. The van der Waals surface area contributed by atoms with Crippen molar-refractivity contribution in [2.24, 2.45) is 10.6 Å². The number of rotatable bonds is 7. The molecule has 2 heterocycles. The molecule has 1 amide bonds. The van der Waals surface area contributed by atoms with Gasteiger partial charge in [-0.05, 0) is 36.1 Å². The van der Waals surface area contributed by atoms with E-state index in [1.165, 1.54) is 6.07 Å². The molecule has 6 nitrogen and oxygen atoms in total. The van der Waals surface area contributed by atoms with E-state index in [-0.39, 0.29) is 17.8 Å². The van der Waals surface area contributed by atoms with Gasteiger partial charge in [0.05, 0.1) is 11.1 Å². The average molecular weight is 413 g/mol. The molecule has 160 valence electrons. The second kappa shape index (κ2) is 8.92. The van der Waals surface area contributed by atoms with Gasteiger partial charge in [-0.3, -0.25) is 15.0 Å². The fourth-order valence-electron chi connectivity index (χ4n) is 3.60. The normalized spacial score (nSPS) is 18.0. The maximum absolute atomic E-state index is 14.9. The highest BCUT2D eigenvalue weighted by atomic mass is 19.1. The maximum Gasteiger partial charge on any atom is 0.249 e. The average Bonchev–Trinajstić information content (AvgIpc) is 3.21. The van der Waals surface area contributed by atoms with E-state index in [0.717, 1.165) is 11.3 Å². The Morgan fingerprint density at radius 1 is 1.33 bits per heavy atom. The highest BCUT2D eigenvalue weighted by Crippen LogP contribution is 2.33. The summed E-state index contributed by atoms with van der Waals surface area (Å²) in [6, 6.07) is 8.75. The third-order valence-electron chi connectivity index (χ3n) is 5.83. The van der Waals surface area contributed by atoms with Crippen LogP contribution >= 0.6 is 0 Å². The summed E-state index contributed by atoms with van der Waals surface area (Å²) in [6.45, 7) is 7.75. The minimum atomic E-state index is -0.769. The summed E-state index contributed by atoms with van der Waals surface area (Å²) in [5.74, 6) is -0.524. The number of carbonyl (C=O) groups excluding carboxylic acids is 1. The number of aromatic nitrogens is 1. The molecule has 0 bridgehead atoms. The van der Waals surface area contributed by atoms with Gasteiger partial charge in [0.2, 0.25) is 5.91 Å². The molecule has 1 aliphatic rings. The van der Waals surface area contributed by atoms with Crippen molar-refractivity contribution in [2.45, 2.75) is 59.0 Å². The summed E-state index contributed by atoms with van der Waals surface area (Å²) < 4.78 is 14.9. The van der Waals surface area contributed by atoms with Crippen molar-refractivity contribution in [1.29, 1.82) is 0 Å². The van der Waals surface area contributed by atoms with Gasteiger partial charge >= 0.3 is 0 Å². The zero-order valence-corrected chi connectivity index (χ0v) is 17.8. The van der Waals surface area contributed by atoms with Crippen molar-refractivity contribution in [1.82, 2.24) is 10.5 Å². The quantitative estimate of drug-likeness (QED) is 0.504. The lowest BCUT2D eigenvalue weighted by atomic mass is 9.80. The number of oxime groups is 1. The van der Waals surface area contributed by atoms with E-state index < -0.39 is 11.3 Å². The molecule has 3 rings (SSSR count). The van der Waals surface area contributed by atoms with Crippen LogP contribution in [0.2, 0.25) is 0 Å². The third kappa shape index (κ3) is 4.51. The van der Waals surface area contributed by atoms with E-state index in [9.17, 15) is 9.18 Å². The molecule has 1 aliphatic heterocycles. The Morgan fingerprint density at radius 2 is 2.10 bits per heavy atom. The number of hydrogen-bond donors (Lipinski definition) is 2. The highest BCUT2D eigenvalue weighted by Gasteiger charge is 2.37. The Kier molecular flexibility index (Phi) is 6.51. The first-order valence-corrected chi connectivity index (χ1v) is 10.2. The molecule has 30 heavy (non-hydrogen) atoms. The zero-order valence-electron chi connectivity index (χ0n) is 17.8. The topological polar surface area (TPSA) is 83.8 Å². The number of halogens is 1. The molecule has 0 saturated heterocycles. The van der Waals surface area contributed by atoms with Crippen LogP contribution in [0.3, 0.4) is 0 Å². The second-order valence-electron chi connectivity index (χ2n) is 8.35. The lowest BCUT2D eigenvalue weighted by Gasteiger charge is -2.27. The Bertz CT molecular complexity index is 960. The third-order valence-corrected chi connectivity index (χ3v) is 5.83. The molecule has 0 fully saturated rings. The predicted molar refractivity (Wildman–Crippen MR) is 113 cm³/mol. The second-order valence-corrected chi connectivity index (χ2v) is 8.35. The molecular formula is C23H28FN3O3. The van der Waals surface area contributed by atoms with Crippen LogP contribution in [0.15, 0.2) is 41.7 Å². The number of nitrogens with one attached hydrogen (secondary N) is 1. The van der Waals surface area contributed by atoms with Crippen molar-refractivity contribution < 1.29 is 19.2 Å². The summed E-state index contributed by atoms with van der Waals surface area (Å²) in [4.78, 5) is 21.8. The summed E-state index contributed by atoms with van der Waals surface area (Å²) in [6.07, 6.45) is 2.81. The molecule has 0 spiro atoms. The molecule has 2 aromatic rings. The first-order valence-electron chi connectivity index (χ1n) is 10.2. The number of nitrogens with zero attached hydrogens (tertiary/aromatic N) is 2. The van der Waals surface area contributed by atoms with Crippen LogP contribution in [0.1, 0.15) is 64.1 Å². The van der Waals surface area contributed by atoms with E-state index in [4.69, 9.17) is 10.0 Å². The van der Waals surface area contributed by atoms with Crippen molar-refractivity contribution in [3.63, 3.8) is 0 Å². The lowest BCUT2D eigenvalue weighted by Crippen LogP contribution is -2.39. The molecule has 7 heteroatoms. The number of hydrogen-bond acceptors (Lipinski definition) is 5.